The predicted molar refractivity (Wildman–Crippen MR) is 94.4 cm³/mol. The number of rotatable bonds is 6. The number of aromatic nitrogens is 4. The first-order valence-corrected chi connectivity index (χ1v) is 8.54. The van der Waals surface area contributed by atoms with Gasteiger partial charge in [0.05, 0.1) is 17.1 Å². The quantitative estimate of drug-likeness (QED) is 0.876. The van der Waals surface area contributed by atoms with Gasteiger partial charge < -0.3 is 9.88 Å². The van der Waals surface area contributed by atoms with Crippen LogP contribution in [0.1, 0.15) is 69.1 Å². The minimum atomic E-state index is 0.431. The van der Waals surface area contributed by atoms with Crippen molar-refractivity contribution in [3.05, 3.63) is 35.7 Å². The second kappa shape index (κ2) is 6.22. The summed E-state index contributed by atoms with van der Waals surface area (Å²) < 4.78 is 4.10. The molecular weight excluding hydrogens is 286 g/mol. The Kier molecular flexibility index (Phi) is 4.28. The van der Waals surface area contributed by atoms with Gasteiger partial charge in [0.2, 0.25) is 0 Å². The van der Waals surface area contributed by atoms with E-state index in [-0.39, 0.29) is 0 Å². The first-order valence-electron chi connectivity index (χ1n) is 8.54. The van der Waals surface area contributed by atoms with E-state index < -0.39 is 0 Å². The van der Waals surface area contributed by atoms with Crippen LogP contribution in [0.5, 0.6) is 0 Å². The van der Waals surface area contributed by atoms with Crippen molar-refractivity contribution in [2.24, 2.45) is 14.1 Å². The molecule has 1 fully saturated rings. The van der Waals surface area contributed by atoms with Gasteiger partial charge in [0.1, 0.15) is 0 Å². The van der Waals surface area contributed by atoms with E-state index >= 15 is 0 Å². The van der Waals surface area contributed by atoms with Crippen LogP contribution < -0.4 is 5.32 Å². The molecule has 3 rings (SSSR count). The maximum absolute atomic E-state index is 4.65. The third-order valence-electron chi connectivity index (χ3n) is 4.76. The van der Waals surface area contributed by atoms with E-state index in [4.69, 9.17) is 0 Å². The largest absolute Gasteiger partial charge is 0.350 e. The number of nitrogens with one attached hydrogen (secondary N) is 1. The summed E-state index contributed by atoms with van der Waals surface area (Å²) in [6.07, 6.45) is 9.82. The van der Waals surface area contributed by atoms with Crippen molar-refractivity contribution < 1.29 is 0 Å². The van der Waals surface area contributed by atoms with Gasteiger partial charge >= 0.3 is 0 Å². The van der Waals surface area contributed by atoms with Crippen molar-refractivity contribution in [3.8, 4) is 0 Å². The molecule has 124 valence electrons. The normalized spacial score (nSPS) is 16.7. The molecule has 0 spiro atoms. The average Bonchev–Trinajstić information content (AvgIpc) is 3.22. The highest BCUT2D eigenvalue weighted by molar-refractivity contribution is 5.74. The highest BCUT2D eigenvalue weighted by atomic mass is 15.3. The fraction of sp³-hybridized carbons (Fsp3) is 0.556. The van der Waals surface area contributed by atoms with E-state index in [0.29, 0.717) is 11.8 Å². The number of aryl methyl sites for hydroxylation is 1. The van der Waals surface area contributed by atoms with Gasteiger partial charge in [0.15, 0.2) is 5.82 Å². The molecule has 0 amide bonds. The molecule has 5 heteroatoms. The van der Waals surface area contributed by atoms with Crippen LogP contribution in [-0.2, 0) is 14.1 Å². The maximum Gasteiger partial charge on any atom is 0.156 e. The van der Waals surface area contributed by atoms with Crippen LogP contribution in [0.2, 0.25) is 0 Å². The number of hydrogen-bond donors (Lipinski definition) is 1. The van der Waals surface area contributed by atoms with E-state index in [1.807, 2.05) is 24.9 Å². The molecule has 0 saturated heterocycles. The fourth-order valence-electron chi connectivity index (χ4n) is 2.99. The van der Waals surface area contributed by atoms with E-state index in [2.05, 4.69) is 53.1 Å². The average molecular weight is 313 g/mol. The highest BCUT2D eigenvalue weighted by Crippen LogP contribution is 2.40. The fourth-order valence-corrected chi connectivity index (χ4v) is 2.99. The summed E-state index contributed by atoms with van der Waals surface area (Å²) in [6, 6.07) is 0. The summed E-state index contributed by atoms with van der Waals surface area (Å²) in [5.74, 6) is 2.13. The molecule has 1 N–H and O–H groups in total. The Hall–Kier alpha value is -2.04. The highest BCUT2D eigenvalue weighted by Gasteiger charge is 2.28. The molecule has 0 aromatic carbocycles. The summed E-state index contributed by atoms with van der Waals surface area (Å²) >= 11 is 0. The Balaban J connectivity index is 1.89. The van der Waals surface area contributed by atoms with Gasteiger partial charge in [-0.1, -0.05) is 19.9 Å². The molecule has 23 heavy (non-hydrogen) atoms. The minimum absolute atomic E-state index is 0.431. The minimum Gasteiger partial charge on any atom is -0.350 e. The SMILES string of the molecule is C/C=C(/Nc1cn(C)nc1C(C)CC)c1ncc(C2CC2)n1C. The van der Waals surface area contributed by atoms with E-state index in [0.717, 1.165) is 29.3 Å². The number of hydrogen-bond acceptors (Lipinski definition) is 3. The second-order valence-electron chi connectivity index (χ2n) is 6.58. The van der Waals surface area contributed by atoms with Crippen LogP contribution in [0, 0.1) is 0 Å². The number of anilines is 1. The zero-order valence-electron chi connectivity index (χ0n) is 14.8. The predicted octanol–water partition coefficient (Wildman–Crippen LogP) is 4.02. The van der Waals surface area contributed by atoms with Crippen LogP contribution in [-0.4, -0.2) is 19.3 Å². The molecule has 0 aliphatic heterocycles. The lowest BCUT2D eigenvalue weighted by atomic mass is 10.0. The van der Waals surface area contributed by atoms with Crippen molar-refractivity contribution in [1.29, 1.82) is 0 Å². The first kappa shape index (κ1) is 15.8. The van der Waals surface area contributed by atoms with E-state index in [1.165, 1.54) is 18.5 Å². The molecule has 1 aliphatic rings. The summed E-state index contributed by atoms with van der Waals surface area (Å²) in [4.78, 5) is 4.65. The smallest absolute Gasteiger partial charge is 0.156 e. The van der Waals surface area contributed by atoms with Crippen LogP contribution in [0.3, 0.4) is 0 Å². The second-order valence-corrected chi connectivity index (χ2v) is 6.58. The van der Waals surface area contributed by atoms with E-state index in [1.54, 1.807) is 0 Å². The van der Waals surface area contributed by atoms with Crippen molar-refractivity contribution in [2.45, 2.75) is 51.9 Å². The summed E-state index contributed by atoms with van der Waals surface area (Å²) in [6.45, 7) is 6.46. The van der Waals surface area contributed by atoms with Crippen LogP contribution in [0.4, 0.5) is 5.69 Å². The molecule has 0 radical (unpaired) electrons. The summed E-state index contributed by atoms with van der Waals surface area (Å²) in [7, 11) is 4.08. The summed E-state index contributed by atoms with van der Waals surface area (Å²) in [5.41, 5.74) is 4.57. The van der Waals surface area contributed by atoms with Crippen molar-refractivity contribution in [1.82, 2.24) is 19.3 Å². The van der Waals surface area contributed by atoms with Gasteiger partial charge in [0, 0.05) is 44.0 Å². The molecule has 2 heterocycles. The molecule has 1 unspecified atom stereocenters. The topological polar surface area (TPSA) is 47.7 Å². The zero-order chi connectivity index (χ0) is 16.6. The van der Waals surface area contributed by atoms with Crippen LogP contribution in [0.15, 0.2) is 18.5 Å². The molecule has 0 bridgehead atoms. The van der Waals surface area contributed by atoms with Gasteiger partial charge in [-0.25, -0.2) is 4.98 Å². The molecule has 2 aromatic rings. The Bertz CT molecular complexity index is 718. The van der Waals surface area contributed by atoms with Gasteiger partial charge in [-0.15, -0.1) is 0 Å². The molecule has 1 atom stereocenters. The first-order chi connectivity index (χ1) is 11.0. The summed E-state index contributed by atoms with van der Waals surface area (Å²) in [5, 5.41) is 8.19. The zero-order valence-corrected chi connectivity index (χ0v) is 14.8. The number of nitrogens with zero attached hydrogens (tertiary/aromatic N) is 4. The van der Waals surface area contributed by atoms with Crippen molar-refractivity contribution >= 4 is 11.4 Å². The Morgan fingerprint density at radius 1 is 1.43 bits per heavy atom. The Morgan fingerprint density at radius 3 is 2.78 bits per heavy atom. The Labute approximate surface area is 138 Å². The van der Waals surface area contributed by atoms with Crippen molar-refractivity contribution in [2.75, 3.05) is 5.32 Å². The van der Waals surface area contributed by atoms with Crippen molar-refractivity contribution in [3.63, 3.8) is 0 Å². The monoisotopic (exact) mass is 313 g/mol. The lowest BCUT2D eigenvalue weighted by Gasteiger charge is -2.13. The Morgan fingerprint density at radius 2 is 2.17 bits per heavy atom. The van der Waals surface area contributed by atoms with Gasteiger partial charge in [-0.05, 0) is 26.2 Å². The molecule has 1 saturated carbocycles. The van der Waals surface area contributed by atoms with Crippen LogP contribution in [0.25, 0.3) is 5.70 Å². The van der Waals surface area contributed by atoms with Crippen LogP contribution >= 0.6 is 0 Å². The number of allylic oxidation sites excluding steroid dienone is 1. The maximum atomic E-state index is 4.65. The van der Waals surface area contributed by atoms with Gasteiger partial charge in [-0.2, -0.15) is 5.10 Å². The molecule has 5 nitrogen and oxygen atoms in total. The third kappa shape index (κ3) is 3.05. The lowest BCUT2D eigenvalue weighted by molar-refractivity contribution is 0.666. The third-order valence-corrected chi connectivity index (χ3v) is 4.76. The lowest BCUT2D eigenvalue weighted by Crippen LogP contribution is -2.08. The van der Waals surface area contributed by atoms with E-state index in [9.17, 15) is 0 Å². The molecule has 2 aromatic heterocycles. The molecular formula is C18H27N5. The van der Waals surface area contributed by atoms with Gasteiger partial charge in [-0.3, -0.25) is 4.68 Å². The van der Waals surface area contributed by atoms with Gasteiger partial charge in [0.25, 0.3) is 0 Å². The standard InChI is InChI=1S/C18H27N5/c1-6-12(3)17-15(11-22(4)21-17)20-14(7-2)18-19-10-16(23(18)5)13-8-9-13/h7,10-13,20H,6,8-9H2,1-5H3/b14-7+. The molecule has 1 aliphatic carbocycles. The number of imidazole rings is 1.